The van der Waals surface area contributed by atoms with Crippen molar-refractivity contribution in [1.82, 2.24) is 0 Å². The van der Waals surface area contributed by atoms with Crippen LogP contribution in [0.2, 0.25) is 0 Å². The number of primary sulfonamides is 1. The van der Waals surface area contributed by atoms with E-state index in [1.54, 1.807) is 6.07 Å². The lowest BCUT2D eigenvalue weighted by Crippen LogP contribution is -2.16. The normalized spacial score (nSPS) is 11.5. The fraction of sp³-hybridized carbons (Fsp3) is 0.333. The Hall–Kier alpha value is -1.37. The van der Waals surface area contributed by atoms with E-state index < -0.39 is 10.0 Å². The molecule has 0 aliphatic carbocycles. The second-order valence-electron chi connectivity index (χ2n) is 5.61. The molecule has 0 aliphatic heterocycles. The minimum Gasteiger partial charge on any atom is -0.493 e. The Kier molecular flexibility index (Phi) is 6.83. The Morgan fingerprint density at radius 3 is 2.42 bits per heavy atom. The number of hydrogen-bond donors (Lipinski definition) is 1. The third-order valence-electron chi connectivity index (χ3n) is 3.67. The number of rotatable bonds is 8. The van der Waals surface area contributed by atoms with E-state index in [1.165, 1.54) is 0 Å². The van der Waals surface area contributed by atoms with Crippen molar-refractivity contribution >= 4 is 26.0 Å². The molecular formula is C18H22BrNO3S. The van der Waals surface area contributed by atoms with Crippen molar-refractivity contribution in [3.63, 3.8) is 0 Å². The molecule has 2 aromatic carbocycles. The average molecular weight is 412 g/mol. The van der Waals surface area contributed by atoms with Gasteiger partial charge < -0.3 is 4.74 Å². The molecule has 0 fully saturated rings. The first-order valence-corrected chi connectivity index (χ1v) is 10.5. The zero-order valence-corrected chi connectivity index (χ0v) is 16.1. The first kappa shape index (κ1) is 19.0. The average Bonchev–Trinajstić information content (AvgIpc) is 2.56. The molecule has 0 aromatic heterocycles. The van der Waals surface area contributed by atoms with Crippen LogP contribution in [0.15, 0.2) is 47.4 Å². The number of benzene rings is 2. The number of ether oxygens (including phenoxy) is 1. The minimum absolute atomic E-state index is 0.134. The predicted octanol–water partition coefficient (Wildman–Crippen LogP) is 4.00. The van der Waals surface area contributed by atoms with Gasteiger partial charge in [-0.15, -0.1) is 0 Å². The van der Waals surface area contributed by atoms with Gasteiger partial charge in [-0.2, -0.15) is 0 Å². The molecule has 2 N–H and O–H groups in total. The highest BCUT2D eigenvalue weighted by atomic mass is 79.9. The van der Waals surface area contributed by atoms with Crippen molar-refractivity contribution in [3.8, 4) is 5.75 Å². The van der Waals surface area contributed by atoms with E-state index in [0.29, 0.717) is 29.7 Å². The van der Waals surface area contributed by atoms with Gasteiger partial charge in [0.1, 0.15) is 5.75 Å². The van der Waals surface area contributed by atoms with Crippen LogP contribution in [-0.2, 0) is 21.8 Å². The van der Waals surface area contributed by atoms with E-state index in [1.807, 2.05) is 36.4 Å². The first-order chi connectivity index (χ1) is 11.5. The summed E-state index contributed by atoms with van der Waals surface area (Å²) in [6, 6.07) is 13.2. The van der Waals surface area contributed by atoms with Crippen molar-refractivity contribution in [2.45, 2.75) is 36.4 Å². The Bertz CT molecular complexity index is 776. The Balaban J connectivity index is 2.53. The summed E-state index contributed by atoms with van der Waals surface area (Å²) >= 11 is 3.37. The molecule has 0 heterocycles. The van der Waals surface area contributed by atoms with E-state index in [4.69, 9.17) is 9.88 Å². The van der Waals surface area contributed by atoms with Crippen LogP contribution in [0.5, 0.6) is 5.75 Å². The summed E-state index contributed by atoms with van der Waals surface area (Å²) in [5.41, 5.74) is 2.45. The van der Waals surface area contributed by atoms with Gasteiger partial charge in [-0.05, 0) is 29.7 Å². The zero-order valence-electron chi connectivity index (χ0n) is 13.7. The summed E-state index contributed by atoms with van der Waals surface area (Å²) in [4.78, 5) is 0.134. The van der Waals surface area contributed by atoms with Crippen LogP contribution in [-0.4, -0.2) is 15.0 Å². The van der Waals surface area contributed by atoms with Crippen molar-refractivity contribution in [2.75, 3.05) is 6.61 Å². The summed E-state index contributed by atoms with van der Waals surface area (Å²) in [6.07, 6.45) is 2.37. The van der Waals surface area contributed by atoms with Crippen LogP contribution in [0.3, 0.4) is 0 Å². The quantitative estimate of drug-likeness (QED) is 0.526. The molecule has 0 unspecified atom stereocenters. The van der Waals surface area contributed by atoms with Gasteiger partial charge in [-0.3, -0.25) is 0 Å². The molecule has 2 aromatic rings. The summed E-state index contributed by atoms with van der Waals surface area (Å²) in [6.45, 7) is 2.63. The number of nitrogens with two attached hydrogens (primary N) is 1. The maximum absolute atomic E-state index is 12.1. The van der Waals surface area contributed by atoms with Crippen LogP contribution >= 0.6 is 15.9 Å². The molecule has 0 amide bonds. The molecule has 0 radical (unpaired) electrons. The molecule has 4 nitrogen and oxygen atoms in total. The Labute approximate surface area is 152 Å². The predicted molar refractivity (Wildman–Crippen MR) is 100 cm³/mol. The van der Waals surface area contributed by atoms with Crippen LogP contribution in [0.1, 0.15) is 36.5 Å². The van der Waals surface area contributed by atoms with E-state index >= 15 is 0 Å². The summed E-state index contributed by atoms with van der Waals surface area (Å²) in [7, 11) is -3.84. The fourth-order valence-corrected chi connectivity index (χ4v) is 3.59. The number of hydrogen-bond acceptors (Lipinski definition) is 3. The largest absolute Gasteiger partial charge is 0.493 e. The number of alkyl halides is 1. The fourth-order valence-electron chi connectivity index (χ4n) is 2.43. The molecule has 24 heavy (non-hydrogen) atoms. The molecule has 6 heteroatoms. The standard InChI is InChI=1S/C18H22BrNO3S/c1-2-3-9-23-17-11-15(13-19)12-18(24(20,21)22)16(17)10-14-7-5-4-6-8-14/h4-8,11-12H,2-3,9-10,13H2,1H3,(H2,20,21,22). The van der Waals surface area contributed by atoms with E-state index in [0.717, 1.165) is 24.0 Å². The second kappa shape index (κ2) is 8.65. The molecule has 0 saturated carbocycles. The molecule has 0 bridgehead atoms. The molecule has 0 spiro atoms. The summed E-state index contributed by atoms with van der Waals surface area (Å²) in [5, 5.41) is 5.99. The number of halogens is 1. The maximum atomic E-state index is 12.1. The Morgan fingerprint density at radius 2 is 1.83 bits per heavy atom. The lowest BCUT2D eigenvalue weighted by Gasteiger charge is -2.16. The highest BCUT2D eigenvalue weighted by Crippen LogP contribution is 2.31. The highest BCUT2D eigenvalue weighted by molar-refractivity contribution is 9.08. The Morgan fingerprint density at radius 1 is 1.12 bits per heavy atom. The lowest BCUT2D eigenvalue weighted by molar-refractivity contribution is 0.305. The molecule has 2 rings (SSSR count). The molecule has 0 atom stereocenters. The summed E-state index contributed by atoms with van der Waals surface area (Å²) in [5.74, 6) is 0.591. The van der Waals surface area contributed by atoms with Gasteiger partial charge in [0.2, 0.25) is 10.0 Å². The van der Waals surface area contributed by atoms with E-state index in [-0.39, 0.29) is 4.90 Å². The van der Waals surface area contributed by atoms with Crippen LogP contribution < -0.4 is 9.88 Å². The van der Waals surface area contributed by atoms with Crippen molar-refractivity contribution in [1.29, 1.82) is 0 Å². The first-order valence-electron chi connectivity index (χ1n) is 7.87. The van der Waals surface area contributed by atoms with Crippen molar-refractivity contribution in [3.05, 3.63) is 59.2 Å². The molecule has 130 valence electrons. The third-order valence-corrected chi connectivity index (χ3v) is 5.29. The van der Waals surface area contributed by atoms with Gasteiger partial charge in [0.15, 0.2) is 0 Å². The van der Waals surface area contributed by atoms with Gasteiger partial charge in [-0.1, -0.05) is 59.6 Å². The number of sulfonamides is 1. The van der Waals surface area contributed by atoms with Gasteiger partial charge in [0.05, 0.1) is 11.5 Å². The molecular weight excluding hydrogens is 390 g/mol. The van der Waals surface area contributed by atoms with Gasteiger partial charge in [0, 0.05) is 17.3 Å². The van der Waals surface area contributed by atoms with E-state index in [9.17, 15) is 8.42 Å². The maximum Gasteiger partial charge on any atom is 0.238 e. The van der Waals surface area contributed by atoms with Crippen LogP contribution in [0, 0.1) is 0 Å². The second-order valence-corrected chi connectivity index (χ2v) is 7.70. The SMILES string of the molecule is CCCCOc1cc(CBr)cc(S(N)(=O)=O)c1Cc1ccccc1. The third kappa shape index (κ3) is 5.06. The van der Waals surface area contributed by atoms with Gasteiger partial charge in [-0.25, -0.2) is 13.6 Å². The zero-order chi connectivity index (χ0) is 17.6. The monoisotopic (exact) mass is 411 g/mol. The molecule has 0 saturated heterocycles. The topological polar surface area (TPSA) is 69.4 Å². The van der Waals surface area contributed by atoms with Crippen molar-refractivity contribution < 1.29 is 13.2 Å². The minimum atomic E-state index is -3.84. The number of unbranched alkanes of at least 4 members (excludes halogenated alkanes) is 1. The van der Waals surface area contributed by atoms with Gasteiger partial charge >= 0.3 is 0 Å². The van der Waals surface area contributed by atoms with Gasteiger partial charge in [0.25, 0.3) is 0 Å². The van der Waals surface area contributed by atoms with E-state index in [2.05, 4.69) is 22.9 Å². The lowest BCUT2D eigenvalue weighted by atomic mass is 10.0. The van der Waals surface area contributed by atoms with Crippen LogP contribution in [0.4, 0.5) is 0 Å². The molecule has 0 aliphatic rings. The highest BCUT2D eigenvalue weighted by Gasteiger charge is 2.20. The summed E-state index contributed by atoms with van der Waals surface area (Å²) < 4.78 is 30.1. The van der Waals surface area contributed by atoms with Crippen molar-refractivity contribution in [2.24, 2.45) is 5.14 Å². The smallest absolute Gasteiger partial charge is 0.238 e. The van der Waals surface area contributed by atoms with Crippen LogP contribution in [0.25, 0.3) is 0 Å².